The second-order valence-electron chi connectivity index (χ2n) is 4.62. The minimum atomic E-state index is -1.10. The molecular formula is C11H23N5O3. The quantitative estimate of drug-likeness (QED) is 0.208. The molecule has 0 aromatic rings. The Morgan fingerprint density at radius 1 is 1.32 bits per heavy atom. The first kappa shape index (κ1) is 17.2. The van der Waals surface area contributed by atoms with Crippen LogP contribution in [0.3, 0.4) is 0 Å². The number of aliphatic imine (C=N–C) groups is 1. The predicted octanol–water partition coefficient (Wildman–Crippen LogP) is -1.41. The minimum absolute atomic E-state index is 0.0438. The molecule has 8 nitrogen and oxygen atoms in total. The zero-order chi connectivity index (χ0) is 15.0. The lowest BCUT2D eigenvalue weighted by Crippen LogP contribution is -2.50. The highest BCUT2D eigenvalue weighted by molar-refractivity contribution is 5.86. The Balaban J connectivity index is 4.31. The van der Waals surface area contributed by atoms with Crippen LogP contribution in [0.2, 0.25) is 0 Å². The van der Waals surface area contributed by atoms with Crippen LogP contribution in [0.4, 0.5) is 0 Å². The third-order valence-corrected chi connectivity index (χ3v) is 2.58. The van der Waals surface area contributed by atoms with Gasteiger partial charge in [-0.25, -0.2) is 4.79 Å². The van der Waals surface area contributed by atoms with E-state index < -0.39 is 24.0 Å². The maximum absolute atomic E-state index is 11.7. The first-order valence-corrected chi connectivity index (χ1v) is 6.09. The van der Waals surface area contributed by atoms with Crippen molar-refractivity contribution in [3.8, 4) is 0 Å². The van der Waals surface area contributed by atoms with Gasteiger partial charge in [-0.3, -0.25) is 9.79 Å². The molecule has 0 aliphatic carbocycles. The molecule has 0 fully saturated rings. The molecule has 8 heteroatoms. The van der Waals surface area contributed by atoms with Crippen LogP contribution in [-0.4, -0.2) is 41.6 Å². The molecule has 2 atom stereocenters. The summed E-state index contributed by atoms with van der Waals surface area (Å²) in [6.07, 6.45) is 0.689. The van der Waals surface area contributed by atoms with E-state index in [1.54, 1.807) is 13.8 Å². The van der Waals surface area contributed by atoms with Crippen molar-refractivity contribution >= 4 is 17.8 Å². The molecule has 19 heavy (non-hydrogen) atoms. The maximum Gasteiger partial charge on any atom is 0.326 e. The number of nitrogens with two attached hydrogens (primary N) is 3. The molecule has 8 N–H and O–H groups in total. The summed E-state index contributed by atoms with van der Waals surface area (Å²) in [5.41, 5.74) is 15.9. The van der Waals surface area contributed by atoms with Gasteiger partial charge in [0.05, 0.1) is 6.04 Å². The highest BCUT2D eigenvalue weighted by Gasteiger charge is 2.24. The number of guanidine groups is 1. The Labute approximate surface area is 112 Å². The third-order valence-electron chi connectivity index (χ3n) is 2.58. The summed E-state index contributed by atoms with van der Waals surface area (Å²) in [6, 6.07) is -1.70. The summed E-state index contributed by atoms with van der Waals surface area (Å²) < 4.78 is 0. The van der Waals surface area contributed by atoms with Crippen LogP contribution in [0.1, 0.15) is 26.7 Å². The van der Waals surface area contributed by atoms with Crippen molar-refractivity contribution in [2.24, 2.45) is 28.1 Å². The SMILES string of the molecule is CC(C)[C@H](N)C(=O)N[C@H](CCCN=C(N)N)C(=O)O. The molecule has 0 unspecified atom stereocenters. The van der Waals surface area contributed by atoms with Gasteiger partial charge in [0.1, 0.15) is 6.04 Å². The van der Waals surface area contributed by atoms with E-state index in [2.05, 4.69) is 10.3 Å². The molecule has 0 aromatic heterocycles. The molecule has 0 saturated carbocycles. The molecule has 0 aliphatic rings. The smallest absolute Gasteiger partial charge is 0.326 e. The molecule has 0 heterocycles. The number of hydrogen-bond donors (Lipinski definition) is 5. The number of carbonyl (C=O) groups is 2. The lowest BCUT2D eigenvalue weighted by Gasteiger charge is -2.19. The number of carbonyl (C=O) groups excluding carboxylic acids is 1. The Morgan fingerprint density at radius 2 is 1.89 bits per heavy atom. The molecule has 0 bridgehead atoms. The van der Waals surface area contributed by atoms with Crippen molar-refractivity contribution in [3.63, 3.8) is 0 Å². The van der Waals surface area contributed by atoms with Gasteiger partial charge in [-0.15, -0.1) is 0 Å². The normalized spacial score (nSPS) is 13.7. The van der Waals surface area contributed by atoms with Crippen LogP contribution in [0.5, 0.6) is 0 Å². The maximum atomic E-state index is 11.7. The highest BCUT2D eigenvalue weighted by atomic mass is 16.4. The van der Waals surface area contributed by atoms with Crippen molar-refractivity contribution in [1.82, 2.24) is 5.32 Å². The molecule has 1 amide bonds. The highest BCUT2D eigenvalue weighted by Crippen LogP contribution is 2.02. The lowest BCUT2D eigenvalue weighted by molar-refractivity contribution is -0.142. The van der Waals surface area contributed by atoms with Gasteiger partial charge in [0, 0.05) is 6.54 Å². The number of carboxylic acid groups (broad SMARTS) is 1. The summed E-state index contributed by atoms with van der Waals surface area (Å²) in [7, 11) is 0. The topological polar surface area (TPSA) is 157 Å². The first-order chi connectivity index (χ1) is 8.75. The monoisotopic (exact) mass is 273 g/mol. The van der Waals surface area contributed by atoms with Crippen molar-refractivity contribution < 1.29 is 14.7 Å². The Morgan fingerprint density at radius 3 is 2.32 bits per heavy atom. The number of nitrogens with zero attached hydrogens (tertiary/aromatic N) is 1. The summed E-state index contributed by atoms with van der Waals surface area (Å²) in [5.74, 6) is -1.67. The first-order valence-electron chi connectivity index (χ1n) is 6.09. The van der Waals surface area contributed by atoms with Crippen LogP contribution in [0, 0.1) is 5.92 Å². The second kappa shape index (κ2) is 8.30. The number of rotatable bonds is 8. The fourth-order valence-corrected chi connectivity index (χ4v) is 1.33. The van der Waals surface area contributed by atoms with Crippen molar-refractivity contribution in [2.45, 2.75) is 38.8 Å². The van der Waals surface area contributed by atoms with E-state index >= 15 is 0 Å². The van der Waals surface area contributed by atoms with Crippen LogP contribution in [-0.2, 0) is 9.59 Å². The minimum Gasteiger partial charge on any atom is -0.480 e. The van der Waals surface area contributed by atoms with Crippen LogP contribution in [0.15, 0.2) is 4.99 Å². The summed E-state index contributed by atoms with van der Waals surface area (Å²) >= 11 is 0. The van der Waals surface area contributed by atoms with Crippen molar-refractivity contribution in [2.75, 3.05) is 6.54 Å². The fourth-order valence-electron chi connectivity index (χ4n) is 1.33. The molecule has 0 aromatic carbocycles. The molecule has 0 saturated heterocycles. The van der Waals surface area contributed by atoms with E-state index in [4.69, 9.17) is 22.3 Å². The second-order valence-corrected chi connectivity index (χ2v) is 4.62. The summed E-state index contributed by atoms with van der Waals surface area (Å²) in [6.45, 7) is 3.90. The molecule has 0 aliphatic heterocycles. The average Bonchev–Trinajstić information content (AvgIpc) is 2.30. The lowest BCUT2D eigenvalue weighted by atomic mass is 10.0. The van der Waals surface area contributed by atoms with Gasteiger partial charge in [-0.2, -0.15) is 0 Å². The number of amides is 1. The van der Waals surface area contributed by atoms with E-state index in [0.29, 0.717) is 13.0 Å². The Bertz CT molecular complexity index is 339. The zero-order valence-corrected chi connectivity index (χ0v) is 11.3. The third kappa shape index (κ3) is 7.24. The molecule has 0 spiro atoms. The Kier molecular flexibility index (Phi) is 7.50. The van der Waals surface area contributed by atoms with Crippen LogP contribution >= 0.6 is 0 Å². The van der Waals surface area contributed by atoms with Crippen molar-refractivity contribution in [1.29, 1.82) is 0 Å². The number of aliphatic carboxylic acids is 1. The summed E-state index contributed by atoms with van der Waals surface area (Å²) in [5, 5.41) is 11.4. The fraction of sp³-hybridized carbons (Fsp3) is 0.727. The predicted molar refractivity (Wildman–Crippen MR) is 72.3 cm³/mol. The largest absolute Gasteiger partial charge is 0.480 e. The molecule has 0 radical (unpaired) electrons. The van der Waals surface area contributed by atoms with Crippen LogP contribution in [0.25, 0.3) is 0 Å². The number of carboxylic acids is 1. The van der Waals surface area contributed by atoms with Gasteiger partial charge in [0.25, 0.3) is 0 Å². The van der Waals surface area contributed by atoms with Gasteiger partial charge in [0.15, 0.2) is 5.96 Å². The van der Waals surface area contributed by atoms with Crippen LogP contribution < -0.4 is 22.5 Å². The van der Waals surface area contributed by atoms with Gasteiger partial charge in [0.2, 0.25) is 5.91 Å². The van der Waals surface area contributed by atoms with Gasteiger partial charge >= 0.3 is 5.97 Å². The number of hydrogen-bond acceptors (Lipinski definition) is 4. The molecule has 0 rings (SSSR count). The average molecular weight is 273 g/mol. The van der Waals surface area contributed by atoms with E-state index in [1.807, 2.05) is 0 Å². The standard InChI is InChI=1S/C11H23N5O3/c1-6(2)8(12)9(17)16-7(10(18)19)4-3-5-15-11(13)14/h6-8H,3-5,12H2,1-2H3,(H,16,17)(H,18,19)(H4,13,14,15)/t7-,8+/m1/s1. The van der Waals surface area contributed by atoms with Crippen molar-refractivity contribution in [3.05, 3.63) is 0 Å². The molecule has 110 valence electrons. The van der Waals surface area contributed by atoms with Gasteiger partial charge < -0.3 is 27.6 Å². The summed E-state index contributed by atoms with van der Waals surface area (Å²) in [4.78, 5) is 26.4. The van der Waals surface area contributed by atoms with E-state index in [9.17, 15) is 9.59 Å². The van der Waals surface area contributed by atoms with E-state index in [1.165, 1.54) is 0 Å². The van der Waals surface area contributed by atoms with Gasteiger partial charge in [-0.1, -0.05) is 13.8 Å². The zero-order valence-electron chi connectivity index (χ0n) is 11.3. The van der Waals surface area contributed by atoms with E-state index in [-0.39, 0.29) is 18.3 Å². The Hall–Kier alpha value is -1.83. The number of nitrogens with one attached hydrogen (secondary N) is 1. The van der Waals surface area contributed by atoms with E-state index in [0.717, 1.165) is 0 Å². The van der Waals surface area contributed by atoms with Gasteiger partial charge in [-0.05, 0) is 18.8 Å². The molecular weight excluding hydrogens is 250 g/mol.